The number of rotatable bonds is 7. The second-order valence-electron chi connectivity index (χ2n) is 8.52. The van der Waals surface area contributed by atoms with Crippen LogP contribution in [0.5, 0.6) is 0 Å². The third-order valence-electron chi connectivity index (χ3n) is 6.04. The Morgan fingerprint density at radius 2 is 1.66 bits per heavy atom. The SMILES string of the molecule is C=C/C(=C\C(=C/C)c1cc(C(F)(F)F)c(C#N)c(=O)n1Cc1ccc(F)cc1F)c1ccc(SC)c(C(F)(F)F)c1. The molecule has 41 heavy (non-hydrogen) atoms. The maximum Gasteiger partial charge on any atom is 0.417 e. The molecule has 12 heteroatoms. The van der Waals surface area contributed by atoms with E-state index in [2.05, 4.69) is 6.58 Å². The molecule has 0 aliphatic rings. The lowest BCUT2D eigenvalue weighted by Gasteiger charge is -2.19. The van der Waals surface area contributed by atoms with Gasteiger partial charge in [-0.3, -0.25) is 4.79 Å². The summed E-state index contributed by atoms with van der Waals surface area (Å²) in [5.74, 6) is -2.01. The standard InChI is InChI=1S/C29H20F8N2OS/c1-4-16(18-7-9-26(41-3)23(11-18)29(35,36)37)10-17(5-2)25-13-22(28(32,33)34)21(14-38)27(40)39(25)15-19-6-8-20(30)12-24(19)31/h4-13H,1,15H2,2-3H3/b16-10+,17-5+. The average Bonchev–Trinajstić information content (AvgIpc) is 2.90. The van der Waals surface area contributed by atoms with E-state index in [1.165, 1.54) is 49.6 Å². The molecule has 0 amide bonds. The van der Waals surface area contributed by atoms with Crippen LogP contribution < -0.4 is 5.56 Å². The highest BCUT2D eigenvalue weighted by Crippen LogP contribution is 2.38. The second-order valence-corrected chi connectivity index (χ2v) is 9.36. The van der Waals surface area contributed by atoms with E-state index in [1.54, 1.807) is 0 Å². The first-order valence-electron chi connectivity index (χ1n) is 11.6. The Balaban J connectivity index is 2.33. The van der Waals surface area contributed by atoms with Crippen LogP contribution in [0.4, 0.5) is 35.1 Å². The van der Waals surface area contributed by atoms with Crippen molar-refractivity contribution < 1.29 is 35.1 Å². The minimum atomic E-state index is -5.13. The first-order chi connectivity index (χ1) is 19.2. The van der Waals surface area contributed by atoms with Gasteiger partial charge in [-0.25, -0.2) is 8.78 Å². The number of benzene rings is 2. The van der Waals surface area contributed by atoms with E-state index in [9.17, 15) is 45.2 Å². The summed E-state index contributed by atoms with van der Waals surface area (Å²) in [6.45, 7) is 4.33. The molecule has 0 aliphatic carbocycles. The molecule has 0 fully saturated rings. The molecule has 2 aromatic carbocycles. The highest BCUT2D eigenvalue weighted by molar-refractivity contribution is 7.98. The first-order valence-corrected chi connectivity index (χ1v) is 12.8. The van der Waals surface area contributed by atoms with Gasteiger partial charge in [-0.1, -0.05) is 30.9 Å². The van der Waals surface area contributed by atoms with E-state index in [1.807, 2.05) is 0 Å². The quantitative estimate of drug-likeness (QED) is 0.156. The lowest BCUT2D eigenvalue weighted by Crippen LogP contribution is -2.30. The van der Waals surface area contributed by atoms with Gasteiger partial charge in [0.05, 0.1) is 23.4 Å². The highest BCUT2D eigenvalue weighted by Gasteiger charge is 2.37. The van der Waals surface area contributed by atoms with Crippen LogP contribution in [0.15, 0.2) is 77.0 Å². The Kier molecular flexibility index (Phi) is 9.33. The van der Waals surface area contributed by atoms with Gasteiger partial charge in [0.25, 0.3) is 5.56 Å². The molecule has 0 unspecified atom stereocenters. The summed E-state index contributed by atoms with van der Waals surface area (Å²) in [5.41, 5.74) is -5.75. The summed E-state index contributed by atoms with van der Waals surface area (Å²) in [6.07, 6.45) is -4.65. The molecular formula is C29H20F8N2OS. The third-order valence-corrected chi connectivity index (χ3v) is 6.83. The van der Waals surface area contributed by atoms with Crippen LogP contribution >= 0.6 is 11.8 Å². The van der Waals surface area contributed by atoms with Gasteiger partial charge in [-0.15, -0.1) is 11.8 Å². The lowest BCUT2D eigenvalue weighted by molar-refractivity contribution is -0.140. The topological polar surface area (TPSA) is 45.8 Å². The number of aromatic nitrogens is 1. The molecule has 214 valence electrons. The van der Waals surface area contributed by atoms with Crippen molar-refractivity contribution in [2.24, 2.45) is 0 Å². The van der Waals surface area contributed by atoms with Gasteiger partial charge < -0.3 is 4.57 Å². The molecule has 3 aromatic rings. The number of pyridine rings is 1. The van der Waals surface area contributed by atoms with Crippen LogP contribution in [0.3, 0.4) is 0 Å². The predicted molar refractivity (Wildman–Crippen MR) is 141 cm³/mol. The van der Waals surface area contributed by atoms with E-state index in [-0.39, 0.29) is 27.2 Å². The van der Waals surface area contributed by atoms with Gasteiger partial charge in [0.15, 0.2) is 0 Å². The highest BCUT2D eigenvalue weighted by atomic mass is 32.2. The predicted octanol–water partition coefficient (Wildman–Crippen LogP) is 8.48. The van der Waals surface area contributed by atoms with Crippen LogP contribution in [-0.4, -0.2) is 10.8 Å². The molecule has 0 spiro atoms. The molecule has 1 aromatic heterocycles. The lowest BCUT2D eigenvalue weighted by atomic mass is 9.97. The normalized spacial score (nSPS) is 12.8. The number of nitriles is 1. The van der Waals surface area contributed by atoms with Crippen molar-refractivity contribution >= 4 is 22.9 Å². The van der Waals surface area contributed by atoms with E-state index in [4.69, 9.17) is 0 Å². The number of nitrogens with zero attached hydrogens (tertiary/aromatic N) is 2. The molecule has 0 saturated heterocycles. The van der Waals surface area contributed by atoms with E-state index in [0.29, 0.717) is 16.7 Å². The summed E-state index contributed by atoms with van der Waals surface area (Å²) in [5, 5.41) is 9.38. The molecule has 3 rings (SSSR count). The average molecular weight is 597 g/mol. The Hall–Kier alpha value is -4.11. The van der Waals surface area contributed by atoms with Gasteiger partial charge in [0.1, 0.15) is 23.3 Å². The fourth-order valence-electron chi connectivity index (χ4n) is 4.04. The van der Waals surface area contributed by atoms with E-state index < -0.39 is 58.5 Å². The van der Waals surface area contributed by atoms with Crippen LogP contribution in [0.25, 0.3) is 11.1 Å². The number of allylic oxidation sites excluding steroid dienone is 5. The molecule has 0 aliphatic heterocycles. The molecule has 0 atom stereocenters. The Labute approximate surface area is 233 Å². The van der Waals surface area contributed by atoms with Crippen molar-refractivity contribution in [3.8, 4) is 6.07 Å². The van der Waals surface area contributed by atoms with Crippen LogP contribution in [-0.2, 0) is 18.9 Å². The van der Waals surface area contributed by atoms with Gasteiger partial charge in [-0.05, 0) is 60.2 Å². The summed E-state index contributed by atoms with van der Waals surface area (Å²) in [4.78, 5) is 13.1. The van der Waals surface area contributed by atoms with Gasteiger partial charge in [0.2, 0.25) is 0 Å². The number of halogens is 8. The minimum absolute atomic E-state index is 0.0349. The van der Waals surface area contributed by atoms with Crippen molar-refractivity contribution in [2.45, 2.75) is 30.7 Å². The molecule has 0 saturated carbocycles. The Bertz CT molecular complexity index is 1660. The molecule has 0 N–H and O–H groups in total. The van der Waals surface area contributed by atoms with Crippen molar-refractivity contribution in [1.29, 1.82) is 5.26 Å². The van der Waals surface area contributed by atoms with Gasteiger partial charge >= 0.3 is 12.4 Å². The van der Waals surface area contributed by atoms with Gasteiger partial charge in [0, 0.05) is 16.5 Å². The molecule has 1 heterocycles. The third kappa shape index (κ3) is 6.79. The smallest absolute Gasteiger partial charge is 0.303 e. The van der Waals surface area contributed by atoms with Crippen molar-refractivity contribution in [3.05, 3.63) is 123 Å². The molecule has 3 nitrogen and oxygen atoms in total. The number of thioether (sulfide) groups is 1. The number of hydrogen-bond donors (Lipinski definition) is 0. The number of alkyl halides is 6. The fraction of sp³-hybridized carbons (Fsp3) is 0.172. The molecule has 0 bridgehead atoms. The Morgan fingerprint density at radius 1 is 1.00 bits per heavy atom. The zero-order valence-electron chi connectivity index (χ0n) is 21.4. The summed E-state index contributed by atoms with van der Waals surface area (Å²) < 4.78 is 111. The summed E-state index contributed by atoms with van der Waals surface area (Å²) >= 11 is 0.878. The van der Waals surface area contributed by atoms with Crippen molar-refractivity contribution in [1.82, 2.24) is 4.57 Å². The molecular weight excluding hydrogens is 576 g/mol. The first kappa shape index (κ1) is 31.4. The van der Waals surface area contributed by atoms with Gasteiger partial charge in [-0.2, -0.15) is 31.6 Å². The monoisotopic (exact) mass is 596 g/mol. The van der Waals surface area contributed by atoms with Crippen LogP contribution in [0.2, 0.25) is 0 Å². The van der Waals surface area contributed by atoms with E-state index in [0.717, 1.165) is 30.0 Å². The van der Waals surface area contributed by atoms with Crippen molar-refractivity contribution in [2.75, 3.05) is 6.26 Å². The minimum Gasteiger partial charge on any atom is -0.303 e. The van der Waals surface area contributed by atoms with Crippen molar-refractivity contribution in [3.63, 3.8) is 0 Å². The maximum atomic E-state index is 14.5. The van der Waals surface area contributed by atoms with Crippen LogP contribution in [0, 0.1) is 23.0 Å². The fourth-order valence-corrected chi connectivity index (χ4v) is 4.63. The second kappa shape index (κ2) is 12.2. The summed E-state index contributed by atoms with van der Waals surface area (Å²) in [7, 11) is 0. The zero-order chi connectivity index (χ0) is 30.7. The largest absolute Gasteiger partial charge is 0.417 e. The zero-order valence-corrected chi connectivity index (χ0v) is 22.2. The van der Waals surface area contributed by atoms with Crippen LogP contribution in [0.1, 0.15) is 40.4 Å². The number of hydrogen-bond acceptors (Lipinski definition) is 3. The maximum absolute atomic E-state index is 14.5. The molecule has 0 radical (unpaired) electrons. The Morgan fingerprint density at radius 3 is 2.17 bits per heavy atom. The van der Waals surface area contributed by atoms with E-state index >= 15 is 0 Å². The summed E-state index contributed by atoms with van der Waals surface area (Å²) in [6, 6.07) is 7.68.